The van der Waals surface area contributed by atoms with Gasteiger partial charge >= 0.3 is 0 Å². The molecule has 1 saturated heterocycles. The topological polar surface area (TPSA) is 58.1 Å². The van der Waals surface area contributed by atoms with E-state index in [0.717, 1.165) is 42.7 Å². The second kappa shape index (κ2) is 12.6. The first-order valence-electron chi connectivity index (χ1n) is 10.2. The number of rotatable bonds is 8. The third-order valence-electron chi connectivity index (χ3n) is 5.40. The van der Waals surface area contributed by atoms with Crippen molar-refractivity contribution in [1.82, 2.24) is 15.5 Å². The van der Waals surface area contributed by atoms with Crippen LogP contribution in [0.2, 0.25) is 0 Å². The van der Waals surface area contributed by atoms with Crippen LogP contribution in [0.15, 0.2) is 53.5 Å². The molecule has 1 heterocycles. The number of hydrogen-bond donors (Lipinski definition) is 2. The maximum absolute atomic E-state index is 5.48. The summed E-state index contributed by atoms with van der Waals surface area (Å²) in [6, 6.07) is 17.1. The summed E-state index contributed by atoms with van der Waals surface area (Å²) in [5, 5.41) is 6.88. The Labute approximate surface area is 197 Å². The number of likely N-dealkylation sites (tertiary alicyclic amines) is 1. The van der Waals surface area contributed by atoms with E-state index in [1.165, 1.54) is 18.4 Å². The fourth-order valence-electron chi connectivity index (χ4n) is 3.76. The Morgan fingerprint density at radius 1 is 1.10 bits per heavy atom. The highest BCUT2D eigenvalue weighted by Gasteiger charge is 2.24. The normalized spacial score (nSPS) is 16.6. The van der Waals surface area contributed by atoms with E-state index < -0.39 is 0 Å². The van der Waals surface area contributed by atoms with E-state index in [-0.39, 0.29) is 24.0 Å². The van der Waals surface area contributed by atoms with Gasteiger partial charge in [0.2, 0.25) is 0 Å². The van der Waals surface area contributed by atoms with Crippen LogP contribution >= 0.6 is 24.0 Å². The maximum atomic E-state index is 5.48. The summed E-state index contributed by atoms with van der Waals surface area (Å²) >= 11 is 0. The van der Waals surface area contributed by atoms with Gasteiger partial charge in [-0.1, -0.05) is 30.3 Å². The van der Waals surface area contributed by atoms with E-state index in [4.69, 9.17) is 9.47 Å². The van der Waals surface area contributed by atoms with Gasteiger partial charge in [0.15, 0.2) is 5.96 Å². The van der Waals surface area contributed by atoms with E-state index in [0.29, 0.717) is 12.6 Å². The first kappa shape index (κ1) is 24.3. The number of ether oxygens (including phenoxy) is 2. The molecule has 164 valence electrons. The molecule has 2 aromatic rings. The second-order valence-electron chi connectivity index (χ2n) is 7.24. The summed E-state index contributed by atoms with van der Waals surface area (Å²) in [5.74, 6) is 2.39. The number of benzene rings is 2. The average Bonchev–Trinajstić information content (AvgIpc) is 3.21. The summed E-state index contributed by atoms with van der Waals surface area (Å²) in [7, 11) is 5.13. The van der Waals surface area contributed by atoms with Gasteiger partial charge in [-0.3, -0.25) is 9.89 Å². The quantitative estimate of drug-likeness (QED) is 0.314. The van der Waals surface area contributed by atoms with Crippen LogP contribution in [0, 0.1) is 0 Å². The zero-order valence-electron chi connectivity index (χ0n) is 18.1. The van der Waals surface area contributed by atoms with Gasteiger partial charge in [-0.2, -0.15) is 0 Å². The Bertz CT molecular complexity index is 801. The van der Waals surface area contributed by atoms with E-state index in [2.05, 4.69) is 50.9 Å². The number of nitrogens with zero attached hydrogens (tertiary/aromatic N) is 2. The van der Waals surface area contributed by atoms with E-state index in [9.17, 15) is 0 Å². The molecule has 1 aliphatic rings. The van der Waals surface area contributed by atoms with E-state index >= 15 is 0 Å². The summed E-state index contributed by atoms with van der Waals surface area (Å²) in [5.41, 5.74) is 2.43. The molecule has 2 aromatic carbocycles. The van der Waals surface area contributed by atoms with Gasteiger partial charge in [-0.05, 0) is 37.1 Å². The number of halogens is 1. The molecule has 7 heteroatoms. The van der Waals surface area contributed by atoms with Gasteiger partial charge in [0.25, 0.3) is 0 Å². The van der Waals surface area contributed by atoms with Crippen molar-refractivity contribution in [2.24, 2.45) is 4.99 Å². The van der Waals surface area contributed by atoms with Crippen molar-refractivity contribution in [3.05, 3.63) is 59.7 Å². The molecule has 0 aliphatic carbocycles. The molecule has 6 nitrogen and oxygen atoms in total. The Balaban J connectivity index is 0.00000320. The highest BCUT2D eigenvalue weighted by molar-refractivity contribution is 14.0. The minimum absolute atomic E-state index is 0. The first-order chi connectivity index (χ1) is 14.2. The lowest BCUT2D eigenvalue weighted by Gasteiger charge is -2.25. The van der Waals surface area contributed by atoms with Gasteiger partial charge in [-0.15, -0.1) is 24.0 Å². The predicted octanol–water partition coefficient (Wildman–Crippen LogP) is 3.65. The highest BCUT2D eigenvalue weighted by atomic mass is 127. The molecule has 0 bridgehead atoms. The predicted molar refractivity (Wildman–Crippen MR) is 133 cm³/mol. The number of nitrogens with one attached hydrogen (secondary N) is 2. The van der Waals surface area contributed by atoms with Crippen LogP contribution < -0.4 is 20.1 Å². The third-order valence-corrected chi connectivity index (χ3v) is 5.40. The lowest BCUT2D eigenvalue weighted by molar-refractivity contribution is 0.245. The number of aliphatic imine (C=N–C) groups is 1. The van der Waals surface area contributed by atoms with Crippen LogP contribution in [0.25, 0.3) is 0 Å². The van der Waals surface area contributed by atoms with Crippen LogP contribution in [0.5, 0.6) is 11.5 Å². The van der Waals surface area contributed by atoms with Gasteiger partial charge < -0.3 is 20.1 Å². The van der Waals surface area contributed by atoms with Crippen LogP contribution in [0.1, 0.15) is 24.0 Å². The molecule has 1 fully saturated rings. The molecular weight excluding hydrogens is 491 g/mol. The monoisotopic (exact) mass is 524 g/mol. The van der Waals surface area contributed by atoms with Crippen molar-refractivity contribution in [2.75, 3.05) is 34.4 Å². The fourth-order valence-corrected chi connectivity index (χ4v) is 3.76. The Morgan fingerprint density at radius 3 is 2.60 bits per heavy atom. The lowest BCUT2D eigenvalue weighted by atomic mass is 10.2. The molecule has 3 rings (SSSR count). The van der Waals surface area contributed by atoms with Gasteiger partial charge in [0.1, 0.15) is 11.5 Å². The fraction of sp³-hybridized carbons (Fsp3) is 0.435. The molecule has 1 atom stereocenters. The molecule has 0 spiro atoms. The average molecular weight is 524 g/mol. The summed E-state index contributed by atoms with van der Waals surface area (Å²) in [4.78, 5) is 6.93. The smallest absolute Gasteiger partial charge is 0.191 e. The maximum Gasteiger partial charge on any atom is 0.191 e. The third kappa shape index (κ3) is 6.77. The van der Waals surface area contributed by atoms with Crippen LogP contribution in [0.3, 0.4) is 0 Å². The lowest BCUT2D eigenvalue weighted by Crippen LogP contribution is -2.44. The molecule has 1 unspecified atom stereocenters. The van der Waals surface area contributed by atoms with Crippen LogP contribution in [-0.2, 0) is 13.1 Å². The number of guanidine groups is 1. The van der Waals surface area contributed by atoms with Crippen molar-refractivity contribution in [3.8, 4) is 11.5 Å². The number of methoxy groups -OCH3 is 2. The van der Waals surface area contributed by atoms with Gasteiger partial charge in [0.05, 0.1) is 14.2 Å². The van der Waals surface area contributed by atoms with E-state index in [1.54, 1.807) is 21.3 Å². The van der Waals surface area contributed by atoms with Crippen molar-refractivity contribution in [3.63, 3.8) is 0 Å². The summed E-state index contributed by atoms with van der Waals surface area (Å²) < 4.78 is 10.7. The Kier molecular flexibility index (Phi) is 10.2. The Hall–Kier alpha value is -2.00. The molecule has 0 saturated carbocycles. The van der Waals surface area contributed by atoms with Crippen molar-refractivity contribution < 1.29 is 9.47 Å². The second-order valence-corrected chi connectivity index (χ2v) is 7.24. The molecule has 2 N–H and O–H groups in total. The zero-order valence-corrected chi connectivity index (χ0v) is 20.4. The zero-order chi connectivity index (χ0) is 20.5. The van der Waals surface area contributed by atoms with Crippen molar-refractivity contribution in [2.45, 2.75) is 32.0 Å². The van der Waals surface area contributed by atoms with Gasteiger partial charge in [0, 0.05) is 44.4 Å². The minimum Gasteiger partial charge on any atom is -0.497 e. The standard InChI is InChI=1S/C23H32N4O2.HI/c1-24-23(25-15-19-11-12-21(28-2)14-22(19)29-3)26-16-20-10-7-13-27(20)17-18-8-5-4-6-9-18;/h4-6,8-9,11-12,14,20H,7,10,13,15-17H2,1-3H3,(H2,24,25,26);1H. The molecule has 0 aromatic heterocycles. The largest absolute Gasteiger partial charge is 0.497 e. The molecule has 0 amide bonds. The Morgan fingerprint density at radius 2 is 1.90 bits per heavy atom. The number of hydrogen-bond acceptors (Lipinski definition) is 4. The minimum atomic E-state index is 0. The summed E-state index contributed by atoms with van der Waals surface area (Å²) in [6.07, 6.45) is 2.46. The van der Waals surface area contributed by atoms with Crippen molar-refractivity contribution in [1.29, 1.82) is 0 Å². The molecule has 1 aliphatic heterocycles. The van der Waals surface area contributed by atoms with Crippen LogP contribution in [-0.4, -0.2) is 51.3 Å². The summed E-state index contributed by atoms with van der Waals surface area (Å²) in [6.45, 7) is 3.66. The first-order valence-corrected chi connectivity index (χ1v) is 10.2. The van der Waals surface area contributed by atoms with Crippen molar-refractivity contribution >= 4 is 29.9 Å². The molecule has 30 heavy (non-hydrogen) atoms. The SMILES string of the molecule is CN=C(NCc1ccc(OC)cc1OC)NCC1CCCN1Cc1ccccc1.I. The van der Waals surface area contributed by atoms with E-state index in [1.807, 2.05) is 18.2 Å². The molecule has 0 radical (unpaired) electrons. The molecular formula is C23H33IN4O2. The van der Waals surface area contributed by atoms with Gasteiger partial charge in [-0.25, -0.2) is 0 Å². The highest BCUT2D eigenvalue weighted by Crippen LogP contribution is 2.24. The van der Waals surface area contributed by atoms with Crippen LogP contribution in [0.4, 0.5) is 0 Å².